The molecule has 0 saturated heterocycles. The van der Waals surface area contributed by atoms with E-state index in [4.69, 9.17) is 4.74 Å². The lowest BCUT2D eigenvalue weighted by Gasteiger charge is -2.25. The summed E-state index contributed by atoms with van der Waals surface area (Å²) in [6.07, 6.45) is 7.34. The van der Waals surface area contributed by atoms with E-state index in [1.807, 2.05) is 6.08 Å². The Hall–Kier alpha value is -2.11. The fraction of sp³-hybridized carbons (Fsp3) is 0.588. The topological polar surface area (TPSA) is 75.7 Å². The van der Waals surface area contributed by atoms with Crippen LogP contribution in [0.25, 0.3) is 0 Å². The molecule has 2 aliphatic rings. The number of aldehydes is 1. The lowest BCUT2D eigenvalue weighted by atomic mass is 10.1. The molecule has 1 aliphatic heterocycles. The maximum absolute atomic E-state index is 12.5. The van der Waals surface area contributed by atoms with Crippen molar-refractivity contribution in [3.8, 4) is 0 Å². The van der Waals surface area contributed by atoms with E-state index in [-0.39, 0.29) is 12.5 Å². The van der Waals surface area contributed by atoms with Crippen LogP contribution in [-0.4, -0.2) is 41.4 Å². The first-order valence-corrected chi connectivity index (χ1v) is 7.92. The van der Waals surface area contributed by atoms with Gasteiger partial charge in [0.1, 0.15) is 18.4 Å². The summed E-state index contributed by atoms with van der Waals surface area (Å²) in [6, 6.07) is -0.459. The molecule has 0 aromatic heterocycles. The number of carbonyl (C=O) groups is 3. The van der Waals surface area contributed by atoms with E-state index in [0.29, 0.717) is 12.8 Å². The molecule has 1 unspecified atom stereocenters. The molecule has 1 aliphatic carbocycles. The highest BCUT2D eigenvalue weighted by Crippen LogP contribution is 2.34. The van der Waals surface area contributed by atoms with Gasteiger partial charge in [-0.25, -0.2) is 4.79 Å². The molecule has 0 aromatic carbocycles. The number of ether oxygens (including phenoxy) is 1. The third kappa shape index (κ3) is 4.43. The standard InChI is InChI=1S/C17H24N2O4/c1-17(2,3)23-16(22)18-10-15(21)19-13(11-20)9-12-7-5-4-6-8-14(12)19/h4,6,11,13H,5,7-10H2,1-3H3,(H,18,22). The summed E-state index contributed by atoms with van der Waals surface area (Å²) in [5.41, 5.74) is 1.46. The number of allylic oxidation sites excluding steroid dienone is 2. The van der Waals surface area contributed by atoms with Crippen LogP contribution in [0.4, 0.5) is 4.79 Å². The van der Waals surface area contributed by atoms with Crippen molar-refractivity contribution in [1.29, 1.82) is 0 Å². The van der Waals surface area contributed by atoms with Gasteiger partial charge in [0.25, 0.3) is 0 Å². The summed E-state index contributed by atoms with van der Waals surface area (Å²) in [6.45, 7) is 5.09. The number of rotatable bonds is 3. The van der Waals surface area contributed by atoms with Crippen molar-refractivity contribution in [1.82, 2.24) is 10.2 Å². The summed E-state index contributed by atoms with van der Waals surface area (Å²) >= 11 is 0. The molecule has 0 saturated carbocycles. The molecule has 23 heavy (non-hydrogen) atoms. The number of hydrogen-bond acceptors (Lipinski definition) is 4. The highest BCUT2D eigenvalue weighted by molar-refractivity contribution is 5.87. The SMILES string of the molecule is CC(C)(C)OC(=O)NCC(=O)N1C2=C(CCC=CC2)CC1C=O. The first-order valence-electron chi connectivity index (χ1n) is 7.92. The predicted octanol–water partition coefficient (Wildman–Crippen LogP) is 2.31. The minimum Gasteiger partial charge on any atom is -0.444 e. The molecule has 0 aromatic rings. The van der Waals surface area contributed by atoms with E-state index in [9.17, 15) is 14.4 Å². The van der Waals surface area contributed by atoms with Crippen LogP contribution in [0, 0.1) is 0 Å². The van der Waals surface area contributed by atoms with Crippen molar-refractivity contribution in [3.05, 3.63) is 23.4 Å². The van der Waals surface area contributed by atoms with E-state index in [2.05, 4.69) is 11.4 Å². The van der Waals surface area contributed by atoms with Gasteiger partial charge in [-0.3, -0.25) is 4.79 Å². The molecule has 1 N–H and O–H groups in total. The zero-order valence-electron chi connectivity index (χ0n) is 13.9. The van der Waals surface area contributed by atoms with Crippen LogP contribution in [0.15, 0.2) is 23.4 Å². The number of hydrogen-bond donors (Lipinski definition) is 1. The number of amides is 2. The first-order chi connectivity index (χ1) is 10.8. The van der Waals surface area contributed by atoms with Gasteiger partial charge in [-0.05, 0) is 45.6 Å². The summed E-state index contributed by atoms with van der Waals surface area (Å²) in [7, 11) is 0. The van der Waals surface area contributed by atoms with Crippen molar-refractivity contribution >= 4 is 18.3 Å². The van der Waals surface area contributed by atoms with E-state index in [1.165, 1.54) is 4.90 Å². The number of nitrogens with one attached hydrogen (secondary N) is 1. The Labute approximate surface area is 136 Å². The second kappa shape index (κ2) is 6.98. The van der Waals surface area contributed by atoms with Crippen LogP contribution >= 0.6 is 0 Å². The van der Waals surface area contributed by atoms with Crippen LogP contribution in [0.5, 0.6) is 0 Å². The highest BCUT2D eigenvalue weighted by Gasteiger charge is 2.35. The monoisotopic (exact) mass is 320 g/mol. The lowest BCUT2D eigenvalue weighted by molar-refractivity contribution is -0.132. The molecule has 0 fully saturated rings. The molecule has 1 heterocycles. The van der Waals surface area contributed by atoms with Crippen molar-refractivity contribution in [2.45, 2.75) is 58.1 Å². The number of nitrogens with zero attached hydrogens (tertiary/aromatic N) is 1. The Kier molecular flexibility index (Phi) is 5.23. The Bertz CT molecular complexity index is 557. The fourth-order valence-corrected chi connectivity index (χ4v) is 2.88. The minimum absolute atomic E-state index is 0.181. The molecule has 0 bridgehead atoms. The Balaban J connectivity index is 2.01. The van der Waals surface area contributed by atoms with Gasteiger partial charge in [0, 0.05) is 12.1 Å². The molecule has 6 nitrogen and oxygen atoms in total. The molecule has 126 valence electrons. The lowest BCUT2D eigenvalue weighted by Crippen LogP contribution is -2.44. The van der Waals surface area contributed by atoms with Gasteiger partial charge >= 0.3 is 6.09 Å². The van der Waals surface area contributed by atoms with Gasteiger partial charge in [0.05, 0.1) is 6.04 Å². The number of alkyl carbamates (subject to hydrolysis) is 1. The van der Waals surface area contributed by atoms with E-state index in [0.717, 1.165) is 30.4 Å². The van der Waals surface area contributed by atoms with Gasteiger partial charge in [-0.2, -0.15) is 0 Å². The normalized spacial score (nSPS) is 20.8. The maximum Gasteiger partial charge on any atom is 0.408 e. The smallest absolute Gasteiger partial charge is 0.408 e. The second-order valence-corrected chi connectivity index (χ2v) is 6.79. The van der Waals surface area contributed by atoms with E-state index < -0.39 is 17.7 Å². The van der Waals surface area contributed by atoms with Gasteiger partial charge in [0.2, 0.25) is 5.91 Å². The van der Waals surface area contributed by atoms with Crippen LogP contribution in [0.1, 0.15) is 46.5 Å². The average Bonchev–Trinajstić information content (AvgIpc) is 2.65. The quantitative estimate of drug-likeness (QED) is 0.639. The molecule has 0 radical (unpaired) electrons. The van der Waals surface area contributed by atoms with E-state index in [1.54, 1.807) is 20.8 Å². The summed E-state index contributed by atoms with van der Waals surface area (Å²) < 4.78 is 5.12. The fourth-order valence-electron chi connectivity index (χ4n) is 2.88. The van der Waals surface area contributed by atoms with Crippen LogP contribution < -0.4 is 5.32 Å². The molecular formula is C17H24N2O4. The molecule has 1 atom stereocenters. The van der Waals surface area contributed by atoms with Crippen molar-refractivity contribution in [2.75, 3.05) is 6.54 Å². The molecule has 2 amide bonds. The van der Waals surface area contributed by atoms with Crippen molar-refractivity contribution in [2.24, 2.45) is 0 Å². The van der Waals surface area contributed by atoms with Crippen LogP contribution in [0.3, 0.4) is 0 Å². The Morgan fingerprint density at radius 2 is 2.13 bits per heavy atom. The molecular weight excluding hydrogens is 296 g/mol. The summed E-state index contributed by atoms with van der Waals surface area (Å²) in [4.78, 5) is 37.0. The number of carbonyl (C=O) groups excluding carboxylic acids is 3. The average molecular weight is 320 g/mol. The van der Waals surface area contributed by atoms with E-state index >= 15 is 0 Å². The third-order valence-corrected chi connectivity index (χ3v) is 3.79. The highest BCUT2D eigenvalue weighted by atomic mass is 16.6. The van der Waals surface area contributed by atoms with Gasteiger partial charge in [-0.15, -0.1) is 0 Å². The molecule has 6 heteroatoms. The zero-order valence-corrected chi connectivity index (χ0v) is 13.9. The zero-order chi connectivity index (χ0) is 17.0. The Morgan fingerprint density at radius 3 is 2.78 bits per heavy atom. The predicted molar refractivity (Wildman–Crippen MR) is 85.6 cm³/mol. The first kappa shape index (κ1) is 17.2. The van der Waals surface area contributed by atoms with Crippen molar-refractivity contribution in [3.63, 3.8) is 0 Å². The van der Waals surface area contributed by atoms with Gasteiger partial charge in [-0.1, -0.05) is 12.2 Å². The maximum atomic E-state index is 12.5. The Morgan fingerprint density at radius 1 is 1.39 bits per heavy atom. The van der Waals surface area contributed by atoms with Gasteiger partial charge in [0.15, 0.2) is 0 Å². The second-order valence-electron chi connectivity index (χ2n) is 6.79. The van der Waals surface area contributed by atoms with Crippen LogP contribution in [0.2, 0.25) is 0 Å². The summed E-state index contributed by atoms with van der Waals surface area (Å²) in [5.74, 6) is -0.284. The third-order valence-electron chi connectivity index (χ3n) is 3.79. The summed E-state index contributed by atoms with van der Waals surface area (Å²) in [5, 5.41) is 2.46. The molecule has 0 spiro atoms. The van der Waals surface area contributed by atoms with Crippen molar-refractivity contribution < 1.29 is 19.1 Å². The minimum atomic E-state index is -0.636. The molecule has 2 rings (SSSR count). The largest absolute Gasteiger partial charge is 0.444 e. The van der Waals surface area contributed by atoms with Crippen LogP contribution in [-0.2, 0) is 14.3 Å². The van der Waals surface area contributed by atoms with Gasteiger partial charge < -0.3 is 19.7 Å².